The van der Waals surface area contributed by atoms with Gasteiger partial charge in [-0.25, -0.2) is 0 Å². The van der Waals surface area contributed by atoms with Crippen LogP contribution in [0.1, 0.15) is 246 Å². The standard InChI is InChI=1S/C48H93INO3/c1-6-11-16-20-22-29-38-46(37-28-18-13-8-3)48(51)52-44-35-26-24-33-42-50(41-32-15-10-5)43-34-25-27-36-45-53-49-47(39-30-19-14-9-4)40-31-23-21-17-12-7-2/h5,46-47H,6-9,11-45H2,1-4H3/q-1. The van der Waals surface area contributed by atoms with Gasteiger partial charge in [0.25, 0.3) is 0 Å². The Morgan fingerprint density at radius 3 is 1.42 bits per heavy atom. The predicted octanol–water partition coefficient (Wildman–Crippen LogP) is 11.8. The number of hydrogen-bond donors (Lipinski definition) is 0. The molecule has 0 aromatic rings. The molecule has 0 aromatic heterocycles. The summed E-state index contributed by atoms with van der Waals surface area (Å²) in [5, 5.41) is 0. The van der Waals surface area contributed by atoms with E-state index in [-0.39, 0.29) is 33.5 Å². The van der Waals surface area contributed by atoms with Gasteiger partial charge >= 0.3 is 220 Å². The summed E-state index contributed by atoms with van der Waals surface area (Å²) < 4.78 is 13.1. The Bertz CT molecular complexity index is 770. The van der Waals surface area contributed by atoms with E-state index in [1.54, 1.807) is 0 Å². The molecule has 4 nitrogen and oxygen atoms in total. The average molecular weight is 859 g/mol. The van der Waals surface area contributed by atoms with Crippen molar-refractivity contribution in [2.45, 2.75) is 250 Å². The molecule has 316 valence electrons. The molecule has 2 atom stereocenters. The molecule has 0 aliphatic carbocycles. The summed E-state index contributed by atoms with van der Waals surface area (Å²) in [4.78, 5) is 15.6. The van der Waals surface area contributed by atoms with Crippen molar-refractivity contribution < 1.29 is 34.2 Å². The third-order valence-electron chi connectivity index (χ3n) is 10.9. The van der Waals surface area contributed by atoms with Crippen LogP contribution in [0.4, 0.5) is 0 Å². The monoisotopic (exact) mass is 859 g/mol. The Morgan fingerprint density at radius 1 is 0.509 bits per heavy atom. The molecule has 0 fully saturated rings. The van der Waals surface area contributed by atoms with Crippen molar-refractivity contribution in [2.75, 3.05) is 32.8 Å². The first kappa shape index (κ1) is 52.7. The van der Waals surface area contributed by atoms with Crippen LogP contribution >= 0.6 is 0 Å². The normalized spacial score (nSPS) is 12.8. The molecule has 0 radical (unpaired) electrons. The van der Waals surface area contributed by atoms with Crippen LogP contribution < -0.4 is 21.6 Å². The molecule has 0 saturated heterocycles. The van der Waals surface area contributed by atoms with Crippen molar-refractivity contribution in [1.29, 1.82) is 0 Å². The van der Waals surface area contributed by atoms with E-state index < -0.39 is 0 Å². The zero-order valence-corrected chi connectivity index (χ0v) is 38.5. The molecule has 0 spiro atoms. The van der Waals surface area contributed by atoms with Gasteiger partial charge in [-0.05, 0) is 19.3 Å². The maximum atomic E-state index is 13.0. The fraction of sp³-hybridized carbons (Fsp3) is 0.938. The number of halogens is 1. The van der Waals surface area contributed by atoms with Gasteiger partial charge in [0.2, 0.25) is 0 Å². The molecule has 5 heteroatoms. The van der Waals surface area contributed by atoms with Gasteiger partial charge < -0.3 is 4.74 Å². The Labute approximate surface area is 344 Å². The summed E-state index contributed by atoms with van der Waals surface area (Å²) in [7, 11) is 0. The predicted molar refractivity (Wildman–Crippen MR) is 229 cm³/mol. The van der Waals surface area contributed by atoms with Crippen LogP contribution in [0.2, 0.25) is 0 Å². The van der Waals surface area contributed by atoms with E-state index in [0.717, 1.165) is 68.6 Å². The zero-order chi connectivity index (χ0) is 38.7. The van der Waals surface area contributed by atoms with Gasteiger partial charge in [0.05, 0.1) is 12.5 Å². The van der Waals surface area contributed by atoms with Gasteiger partial charge in [-0.1, -0.05) is 78.1 Å². The molecule has 0 aromatic carbocycles. The number of hydrogen-bond acceptors (Lipinski definition) is 4. The molecule has 0 N–H and O–H groups in total. The molecule has 0 rings (SSSR count). The number of rotatable bonds is 44. The third-order valence-corrected chi connectivity index (χ3v) is 13.7. The smallest absolute Gasteiger partial charge is 0.465 e. The Hall–Kier alpha value is -0.320. The summed E-state index contributed by atoms with van der Waals surface area (Å²) in [6.07, 6.45) is 48.6. The fourth-order valence-corrected chi connectivity index (χ4v) is 9.81. The average Bonchev–Trinajstić information content (AvgIpc) is 3.16. The SMILES string of the molecule is C#CCCCN(CCCCCCO[I-]C(CCCCCC)CCCCCCCC)CCCCCCOC(=O)C(CCCCCC)CCCCCCCC. The molecule has 0 amide bonds. The van der Waals surface area contributed by atoms with Crippen LogP contribution in [0.5, 0.6) is 0 Å². The number of carbonyl (C=O) groups is 1. The van der Waals surface area contributed by atoms with Crippen molar-refractivity contribution >= 4 is 5.97 Å². The molecule has 0 bridgehead atoms. The van der Waals surface area contributed by atoms with Gasteiger partial charge in [-0.2, -0.15) is 0 Å². The minimum absolute atomic E-state index is 0.0773. The second-order valence-electron chi connectivity index (χ2n) is 16.2. The van der Waals surface area contributed by atoms with Crippen molar-refractivity contribution in [1.82, 2.24) is 4.90 Å². The van der Waals surface area contributed by atoms with Crippen LogP contribution in [-0.4, -0.2) is 47.6 Å². The number of alkyl halides is 1. The van der Waals surface area contributed by atoms with E-state index >= 15 is 0 Å². The Kier molecular flexibility index (Phi) is 44.1. The molecule has 0 saturated carbocycles. The third kappa shape index (κ3) is 38.3. The minimum Gasteiger partial charge on any atom is -0.465 e. The van der Waals surface area contributed by atoms with Crippen molar-refractivity contribution in [3.63, 3.8) is 0 Å². The van der Waals surface area contributed by atoms with Gasteiger partial charge in [0.15, 0.2) is 0 Å². The minimum atomic E-state index is -0.117. The van der Waals surface area contributed by atoms with Crippen molar-refractivity contribution in [3.8, 4) is 12.3 Å². The van der Waals surface area contributed by atoms with E-state index in [9.17, 15) is 4.79 Å². The second-order valence-corrected chi connectivity index (χ2v) is 19.0. The second kappa shape index (κ2) is 44.4. The number of carbonyl (C=O) groups excluding carboxylic acids is 1. The quantitative estimate of drug-likeness (QED) is 0.0201. The van der Waals surface area contributed by atoms with E-state index in [1.165, 1.54) is 180 Å². The van der Waals surface area contributed by atoms with Crippen LogP contribution in [0.25, 0.3) is 0 Å². The van der Waals surface area contributed by atoms with E-state index in [1.807, 2.05) is 0 Å². The summed E-state index contributed by atoms with van der Waals surface area (Å²) in [5.41, 5.74) is 0. The van der Waals surface area contributed by atoms with Gasteiger partial charge in [-0.15, -0.1) is 6.42 Å². The van der Waals surface area contributed by atoms with Gasteiger partial charge in [0, 0.05) is 0 Å². The van der Waals surface area contributed by atoms with Crippen LogP contribution in [0, 0.1) is 18.3 Å². The molecular weight excluding hydrogens is 765 g/mol. The zero-order valence-electron chi connectivity index (χ0n) is 36.4. The van der Waals surface area contributed by atoms with Crippen molar-refractivity contribution in [2.24, 2.45) is 5.92 Å². The summed E-state index contributed by atoms with van der Waals surface area (Å²) in [5.74, 6) is 3.02. The first-order valence-electron chi connectivity index (χ1n) is 23.7. The van der Waals surface area contributed by atoms with E-state index in [2.05, 4.69) is 38.5 Å². The van der Waals surface area contributed by atoms with Crippen LogP contribution in [0.15, 0.2) is 0 Å². The van der Waals surface area contributed by atoms with Gasteiger partial charge in [0.1, 0.15) is 0 Å². The molecule has 0 aliphatic heterocycles. The number of terminal acetylenes is 1. The number of esters is 1. The topological polar surface area (TPSA) is 38.8 Å². The molecular formula is C48H93INO3-. The molecule has 0 aliphatic rings. The summed E-state index contributed by atoms with van der Waals surface area (Å²) >= 11 is -0.117. The number of unbranched alkanes of at least 4 members (excludes halogenated alkanes) is 23. The first-order chi connectivity index (χ1) is 26.1. The summed E-state index contributed by atoms with van der Waals surface area (Å²) in [6.45, 7) is 14.2. The molecule has 0 heterocycles. The maximum absolute atomic E-state index is 13.0. The molecule has 2 unspecified atom stereocenters. The van der Waals surface area contributed by atoms with Crippen molar-refractivity contribution in [3.05, 3.63) is 0 Å². The number of ether oxygens (including phenoxy) is 1. The van der Waals surface area contributed by atoms with Gasteiger partial charge in [-0.3, -0.25) is 4.79 Å². The van der Waals surface area contributed by atoms with E-state index in [4.69, 9.17) is 14.2 Å². The molecule has 53 heavy (non-hydrogen) atoms. The first-order valence-corrected chi connectivity index (χ1v) is 25.8. The Balaban J connectivity index is 4.27. The number of nitrogens with zero attached hydrogens (tertiary/aromatic N) is 1. The van der Waals surface area contributed by atoms with Crippen LogP contribution in [0.3, 0.4) is 0 Å². The fourth-order valence-electron chi connectivity index (χ4n) is 7.34. The Morgan fingerprint density at radius 2 is 0.906 bits per heavy atom. The van der Waals surface area contributed by atoms with E-state index in [0.29, 0.717) is 6.61 Å². The summed E-state index contributed by atoms with van der Waals surface area (Å²) in [6, 6.07) is 0. The van der Waals surface area contributed by atoms with Crippen LogP contribution in [-0.2, 0) is 12.6 Å².